The number of aromatic nitrogens is 6. The van der Waals surface area contributed by atoms with Gasteiger partial charge in [0.1, 0.15) is 18.2 Å². The molecule has 0 saturated carbocycles. The highest BCUT2D eigenvalue weighted by Crippen LogP contribution is 2.41. The van der Waals surface area contributed by atoms with Gasteiger partial charge in [0, 0.05) is 63.9 Å². The Hall–Kier alpha value is -4.92. The van der Waals surface area contributed by atoms with Crippen LogP contribution in [-0.4, -0.2) is 46.4 Å². The summed E-state index contributed by atoms with van der Waals surface area (Å²) < 4.78 is 47.9. The fourth-order valence-corrected chi connectivity index (χ4v) is 9.26. The molecule has 0 fully saturated rings. The van der Waals surface area contributed by atoms with Crippen LogP contribution in [-0.2, 0) is 34.0 Å². The Kier molecular flexibility index (Phi) is 11.9. The largest absolute Gasteiger partial charge is 0.461 e. The van der Waals surface area contributed by atoms with Gasteiger partial charge >= 0.3 is 5.97 Å². The van der Waals surface area contributed by atoms with Gasteiger partial charge in [0.05, 0.1) is 22.7 Å². The number of carbonyl (C=O) groups is 1. The number of hydrogen-bond donors (Lipinski definition) is 1. The Morgan fingerprint density at radius 1 is 0.965 bits per heavy atom. The zero-order valence-electron chi connectivity index (χ0n) is 32.1. The van der Waals surface area contributed by atoms with Crippen LogP contribution >= 0.6 is 39.6 Å². The van der Waals surface area contributed by atoms with E-state index in [9.17, 15) is 4.79 Å². The number of H-pyrrole nitrogens is 1. The summed E-state index contributed by atoms with van der Waals surface area (Å²) in [7, 11) is 1.73. The predicted molar refractivity (Wildman–Crippen MR) is 226 cm³/mol. The smallest absolute Gasteiger partial charge is 0.302 e. The molecule has 1 unspecified atom stereocenters. The maximum Gasteiger partial charge on any atom is 0.302 e. The summed E-state index contributed by atoms with van der Waals surface area (Å²) >= 11 is 6.91. The molecule has 57 heavy (non-hydrogen) atoms. The maximum atomic E-state index is 16.1. The molecule has 0 bridgehead atoms. The van der Waals surface area contributed by atoms with Gasteiger partial charge in [-0.2, -0.15) is 22.0 Å². The molecule has 0 aliphatic carbocycles. The molecule has 1 atom stereocenters. The molecule has 7 rings (SSSR count). The fourth-order valence-electron chi connectivity index (χ4n) is 6.61. The SMILES string of the molecule is CC(=O)OCc1c(Oc2ccc(F)c(-c3nc(C(C)(CCSCC(C)(C)c4cn[nH]c4)c4cccc(Br)c4)nn3C)c2)c(F)cc2c1ccn2Sc1ccccc1. The molecule has 4 aromatic carbocycles. The van der Waals surface area contributed by atoms with E-state index in [-0.39, 0.29) is 34.9 Å². The van der Waals surface area contributed by atoms with E-state index in [2.05, 4.69) is 59.0 Å². The normalized spacial score (nSPS) is 12.8. The summed E-state index contributed by atoms with van der Waals surface area (Å²) in [4.78, 5) is 17.9. The monoisotopic (exact) mass is 870 g/mol. The first-order valence-electron chi connectivity index (χ1n) is 18.2. The first-order chi connectivity index (χ1) is 27.3. The number of nitrogens with one attached hydrogen (secondary N) is 1. The van der Waals surface area contributed by atoms with Gasteiger partial charge in [-0.25, -0.2) is 18.4 Å². The second-order valence-electron chi connectivity index (χ2n) is 14.6. The number of carbonyl (C=O) groups excluding carboxylic acids is 1. The minimum Gasteiger partial charge on any atom is -0.461 e. The molecule has 14 heteroatoms. The zero-order valence-corrected chi connectivity index (χ0v) is 35.3. The van der Waals surface area contributed by atoms with Gasteiger partial charge in [-0.3, -0.25) is 13.9 Å². The van der Waals surface area contributed by atoms with E-state index in [1.807, 2.05) is 82.9 Å². The van der Waals surface area contributed by atoms with Crippen molar-refractivity contribution in [1.29, 1.82) is 0 Å². The average molecular weight is 872 g/mol. The molecule has 0 saturated heterocycles. The lowest BCUT2D eigenvalue weighted by Crippen LogP contribution is -2.27. The molecule has 294 valence electrons. The van der Waals surface area contributed by atoms with E-state index in [4.69, 9.17) is 19.6 Å². The number of benzene rings is 4. The standard InChI is InChI=1S/C43H41BrF2N6O3S2/c1-27(53)54-25-35-33-16-18-52(57-32-12-7-6-8-13-32)38(33)22-37(46)39(35)55-31-14-15-36(45)34(21-31)40-49-41(50-51(40)5)43(4,28-10-9-11-30(44)20-28)17-19-56-26-42(2,3)29-23-47-48-24-29/h6-16,18,20-24H,17,19,25-26H2,1-5H3,(H,47,48). The summed E-state index contributed by atoms with van der Waals surface area (Å²) in [5.74, 6) is 0.832. The van der Waals surface area contributed by atoms with Crippen LogP contribution in [0.1, 0.15) is 56.6 Å². The molecule has 3 heterocycles. The Balaban J connectivity index is 1.20. The topological polar surface area (TPSA) is 99.8 Å². The molecule has 0 aliphatic rings. The first-order valence-corrected chi connectivity index (χ1v) is 21.0. The Morgan fingerprint density at radius 2 is 1.77 bits per heavy atom. The number of esters is 1. The quantitative estimate of drug-likeness (QED) is 0.0803. The van der Waals surface area contributed by atoms with Crippen molar-refractivity contribution >= 4 is 56.5 Å². The average Bonchev–Trinajstić information content (AvgIpc) is 3.96. The minimum atomic E-state index is -0.666. The van der Waals surface area contributed by atoms with E-state index in [1.165, 1.54) is 43.1 Å². The van der Waals surface area contributed by atoms with Crippen LogP contribution in [0.3, 0.4) is 0 Å². The Bertz CT molecular complexity index is 2530. The van der Waals surface area contributed by atoms with Gasteiger partial charge in [-0.15, -0.1) is 0 Å². The van der Waals surface area contributed by atoms with Crippen LogP contribution in [0.4, 0.5) is 8.78 Å². The van der Waals surface area contributed by atoms with Crippen LogP contribution in [0.15, 0.2) is 113 Å². The van der Waals surface area contributed by atoms with E-state index >= 15 is 8.78 Å². The van der Waals surface area contributed by atoms with Gasteiger partial charge in [-0.05, 0) is 90.7 Å². The van der Waals surface area contributed by atoms with Crippen molar-refractivity contribution in [3.05, 3.63) is 142 Å². The van der Waals surface area contributed by atoms with Gasteiger partial charge in [-0.1, -0.05) is 60.1 Å². The number of nitrogens with zero attached hydrogens (tertiary/aromatic N) is 5. The van der Waals surface area contributed by atoms with E-state index in [1.54, 1.807) is 11.7 Å². The van der Waals surface area contributed by atoms with Crippen LogP contribution in [0, 0.1) is 11.6 Å². The maximum absolute atomic E-state index is 16.1. The van der Waals surface area contributed by atoms with Gasteiger partial charge in [0.2, 0.25) is 0 Å². The number of ether oxygens (including phenoxy) is 2. The summed E-state index contributed by atoms with van der Waals surface area (Å²) in [5.41, 5.74) is 2.52. The van der Waals surface area contributed by atoms with E-state index < -0.39 is 23.0 Å². The summed E-state index contributed by atoms with van der Waals surface area (Å²) in [5, 5.41) is 12.6. The second kappa shape index (κ2) is 16.9. The summed E-state index contributed by atoms with van der Waals surface area (Å²) in [6.07, 6.45) is 6.34. The van der Waals surface area contributed by atoms with E-state index in [0.717, 1.165) is 32.0 Å². The van der Waals surface area contributed by atoms with Crippen molar-refractivity contribution in [2.75, 3.05) is 11.5 Å². The number of hydrogen-bond acceptors (Lipinski definition) is 8. The molecular weight excluding hydrogens is 831 g/mol. The summed E-state index contributed by atoms with van der Waals surface area (Å²) in [6, 6.07) is 25.2. The molecule has 3 aromatic heterocycles. The lowest BCUT2D eigenvalue weighted by molar-refractivity contribution is -0.142. The highest BCUT2D eigenvalue weighted by Gasteiger charge is 2.35. The van der Waals surface area contributed by atoms with Crippen molar-refractivity contribution in [1.82, 2.24) is 28.9 Å². The first kappa shape index (κ1) is 40.3. The number of fused-ring (bicyclic) bond motifs is 1. The molecule has 0 spiro atoms. The number of aryl methyl sites for hydroxylation is 1. The van der Waals surface area contributed by atoms with Crippen LogP contribution in [0.5, 0.6) is 11.5 Å². The number of aromatic amines is 1. The second-order valence-corrected chi connectivity index (χ2v) is 17.6. The molecule has 0 radical (unpaired) electrons. The highest BCUT2D eigenvalue weighted by atomic mass is 79.9. The summed E-state index contributed by atoms with van der Waals surface area (Å²) in [6.45, 7) is 7.58. The van der Waals surface area contributed by atoms with Gasteiger partial charge < -0.3 is 9.47 Å². The Morgan fingerprint density at radius 3 is 2.51 bits per heavy atom. The zero-order chi connectivity index (χ0) is 40.3. The van der Waals surface area contributed by atoms with Crippen molar-refractivity contribution in [3.63, 3.8) is 0 Å². The van der Waals surface area contributed by atoms with Crippen LogP contribution in [0.2, 0.25) is 0 Å². The van der Waals surface area contributed by atoms with Crippen molar-refractivity contribution in [2.24, 2.45) is 7.05 Å². The number of thioether (sulfide) groups is 1. The van der Waals surface area contributed by atoms with Gasteiger partial charge in [0.15, 0.2) is 23.2 Å². The molecule has 0 aliphatic heterocycles. The minimum absolute atomic E-state index is 0.0761. The number of rotatable bonds is 15. The van der Waals surface area contributed by atoms with Crippen LogP contribution in [0.25, 0.3) is 22.3 Å². The lowest BCUT2D eigenvalue weighted by atomic mass is 9.79. The number of halogens is 3. The molecule has 9 nitrogen and oxygen atoms in total. The molecular formula is C43H41BrF2N6O3S2. The highest BCUT2D eigenvalue weighted by molar-refractivity contribution is 9.10. The van der Waals surface area contributed by atoms with Crippen molar-refractivity contribution < 1.29 is 23.0 Å². The van der Waals surface area contributed by atoms with Crippen molar-refractivity contribution in [3.8, 4) is 22.9 Å². The van der Waals surface area contributed by atoms with Crippen molar-refractivity contribution in [2.45, 2.75) is 56.4 Å². The Labute approximate surface area is 346 Å². The third-order valence-corrected chi connectivity index (χ3v) is 12.9. The lowest BCUT2D eigenvalue weighted by Gasteiger charge is -2.28. The van der Waals surface area contributed by atoms with E-state index in [0.29, 0.717) is 28.7 Å². The van der Waals surface area contributed by atoms with Crippen LogP contribution < -0.4 is 4.74 Å². The fraction of sp³-hybridized carbons (Fsp3) is 0.256. The van der Waals surface area contributed by atoms with Gasteiger partial charge in [0.25, 0.3) is 0 Å². The predicted octanol–water partition coefficient (Wildman–Crippen LogP) is 11.0. The molecule has 7 aromatic rings. The third kappa shape index (κ3) is 8.82. The molecule has 1 N–H and O–H groups in total. The third-order valence-electron chi connectivity index (χ3n) is 9.94. The molecule has 0 amide bonds.